The van der Waals surface area contributed by atoms with Crippen LogP contribution in [0.25, 0.3) is 0 Å². The molecule has 20 heavy (non-hydrogen) atoms. The van der Waals surface area contributed by atoms with E-state index in [1.165, 1.54) is 0 Å². The number of quaternary nitrogens is 1. The van der Waals surface area contributed by atoms with Gasteiger partial charge in [0.1, 0.15) is 6.54 Å². The van der Waals surface area contributed by atoms with Crippen LogP contribution >= 0.6 is 11.6 Å². The summed E-state index contributed by atoms with van der Waals surface area (Å²) in [6.45, 7) is 2.41. The zero-order valence-corrected chi connectivity index (χ0v) is 12.9. The molecule has 0 aliphatic heterocycles. The molecule has 0 amide bonds. The standard InChI is InChI=1S/C15H19ClN2O2/c1-12(6-5-11-18(2,3)4)20-15(19)17-14-9-7-13(16)8-10-14/h7-10,12H,11H2,1-4H3. The van der Waals surface area contributed by atoms with Gasteiger partial charge in [-0.1, -0.05) is 17.5 Å². The van der Waals surface area contributed by atoms with E-state index in [9.17, 15) is 5.11 Å². The molecule has 0 spiro atoms. The highest BCUT2D eigenvalue weighted by atomic mass is 35.5. The normalized spacial score (nSPS) is 13.3. The largest absolute Gasteiger partial charge is 0.584 e. The lowest BCUT2D eigenvalue weighted by atomic mass is 10.3. The quantitative estimate of drug-likeness (QED) is 0.369. The van der Waals surface area contributed by atoms with Gasteiger partial charge in [-0.25, -0.2) is 4.99 Å². The molecule has 0 saturated carbocycles. The van der Waals surface area contributed by atoms with Crippen molar-refractivity contribution in [3.05, 3.63) is 29.3 Å². The van der Waals surface area contributed by atoms with Crippen molar-refractivity contribution in [3.63, 3.8) is 0 Å². The molecule has 0 saturated heterocycles. The first-order valence-electron chi connectivity index (χ1n) is 6.23. The van der Waals surface area contributed by atoms with Gasteiger partial charge >= 0.3 is 0 Å². The third-order valence-corrected chi connectivity index (χ3v) is 2.44. The van der Waals surface area contributed by atoms with Gasteiger partial charge in [0, 0.05) is 5.02 Å². The summed E-state index contributed by atoms with van der Waals surface area (Å²) in [5.41, 5.74) is 0.505. The third-order valence-electron chi connectivity index (χ3n) is 2.18. The number of halogens is 1. The maximum atomic E-state index is 11.6. The highest BCUT2D eigenvalue weighted by Gasteiger charge is 2.02. The summed E-state index contributed by atoms with van der Waals surface area (Å²) in [5.74, 6) is 5.86. The maximum absolute atomic E-state index is 11.6. The SMILES string of the molecule is CC(C#CC[N+](C)(C)C)OC([O-])=Nc1ccc(Cl)cc1. The number of ether oxygens (including phenoxy) is 1. The molecule has 0 heterocycles. The van der Waals surface area contributed by atoms with Crippen LogP contribution < -0.4 is 5.11 Å². The van der Waals surface area contributed by atoms with E-state index in [-0.39, 0.29) is 0 Å². The van der Waals surface area contributed by atoms with Gasteiger partial charge in [0.25, 0.3) is 0 Å². The number of rotatable bonds is 3. The van der Waals surface area contributed by atoms with Gasteiger partial charge in [0.05, 0.1) is 32.9 Å². The van der Waals surface area contributed by atoms with Crippen LogP contribution in [0.15, 0.2) is 29.3 Å². The fourth-order valence-electron chi connectivity index (χ4n) is 1.25. The van der Waals surface area contributed by atoms with E-state index in [4.69, 9.17) is 16.3 Å². The Morgan fingerprint density at radius 2 is 1.95 bits per heavy atom. The minimum atomic E-state index is -0.653. The average molecular weight is 295 g/mol. The zero-order valence-electron chi connectivity index (χ0n) is 12.2. The van der Waals surface area contributed by atoms with Crippen LogP contribution in [0.3, 0.4) is 0 Å². The van der Waals surface area contributed by atoms with E-state index in [0.29, 0.717) is 17.3 Å². The van der Waals surface area contributed by atoms with E-state index in [0.717, 1.165) is 4.48 Å². The van der Waals surface area contributed by atoms with Gasteiger partial charge in [0.2, 0.25) is 0 Å². The Balaban J connectivity index is 2.57. The molecule has 0 radical (unpaired) electrons. The second-order valence-corrected chi connectivity index (χ2v) is 5.82. The summed E-state index contributed by atoms with van der Waals surface area (Å²) in [7, 11) is 6.13. The molecule has 0 fully saturated rings. The van der Waals surface area contributed by atoms with Crippen LogP contribution in [-0.4, -0.2) is 44.4 Å². The number of aliphatic imine (C=N–C) groups is 1. The lowest BCUT2D eigenvalue weighted by Gasteiger charge is -2.21. The smallest absolute Gasteiger partial charge is 0.152 e. The van der Waals surface area contributed by atoms with E-state index in [2.05, 4.69) is 16.8 Å². The molecular formula is C15H19ClN2O2. The van der Waals surface area contributed by atoms with Crippen molar-refractivity contribution in [2.45, 2.75) is 13.0 Å². The van der Waals surface area contributed by atoms with Crippen molar-refractivity contribution < 1.29 is 14.3 Å². The number of hydrogen-bond acceptors (Lipinski definition) is 3. The Morgan fingerprint density at radius 1 is 1.35 bits per heavy atom. The summed E-state index contributed by atoms with van der Waals surface area (Å²) < 4.78 is 5.82. The van der Waals surface area contributed by atoms with Crippen molar-refractivity contribution in [3.8, 4) is 11.8 Å². The summed E-state index contributed by atoms with van der Waals surface area (Å²) in [4.78, 5) is 3.81. The first-order chi connectivity index (χ1) is 9.26. The van der Waals surface area contributed by atoms with Crippen molar-refractivity contribution in [1.82, 2.24) is 0 Å². The Morgan fingerprint density at radius 3 is 2.50 bits per heavy atom. The topological polar surface area (TPSA) is 44.6 Å². The highest BCUT2D eigenvalue weighted by molar-refractivity contribution is 6.30. The summed E-state index contributed by atoms with van der Waals surface area (Å²) in [5, 5.41) is 12.2. The van der Waals surface area contributed by atoms with Crippen LogP contribution in [0.1, 0.15) is 6.92 Å². The molecule has 0 bridgehead atoms. The van der Waals surface area contributed by atoms with E-state index in [1.54, 1.807) is 31.2 Å². The third kappa shape index (κ3) is 7.03. The Labute approximate surface area is 125 Å². The van der Waals surface area contributed by atoms with Gasteiger partial charge in [0.15, 0.2) is 6.08 Å². The van der Waals surface area contributed by atoms with Crippen molar-refractivity contribution in [1.29, 1.82) is 0 Å². The first kappa shape index (κ1) is 16.4. The highest BCUT2D eigenvalue weighted by Crippen LogP contribution is 2.16. The molecule has 4 nitrogen and oxygen atoms in total. The monoisotopic (exact) mass is 294 g/mol. The molecule has 1 unspecified atom stereocenters. The Bertz CT molecular complexity index is 522. The van der Waals surface area contributed by atoms with Crippen LogP contribution in [0, 0.1) is 11.8 Å². The predicted octanol–water partition coefficient (Wildman–Crippen LogP) is 1.80. The van der Waals surface area contributed by atoms with E-state index < -0.39 is 12.2 Å². The lowest BCUT2D eigenvalue weighted by molar-refractivity contribution is -0.862. The lowest BCUT2D eigenvalue weighted by Crippen LogP contribution is -2.34. The molecule has 0 aliphatic carbocycles. The van der Waals surface area contributed by atoms with Crippen LogP contribution in [0.5, 0.6) is 0 Å². The fourth-order valence-corrected chi connectivity index (χ4v) is 1.38. The number of benzene rings is 1. The van der Waals surface area contributed by atoms with Gasteiger partial charge in [-0.05, 0) is 37.1 Å². The molecule has 1 rings (SSSR count). The van der Waals surface area contributed by atoms with Crippen LogP contribution in [-0.2, 0) is 4.74 Å². The van der Waals surface area contributed by atoms with Crippen molar-refractivity contribution in [2.75, 3.05) is 27.7 Å². The molecule has 1 atom stereocenters. The minimum absolute atomic E-state index is 0.481. The zero-order chi connectivity index (χ0) is 15.2. The fraction of sp³-hybridized carbons (Fsp3) is 0.400. The molecule has 1 aromatic rings. The number of hydrogen-bond donors (Lipinski definition) is 0. The molecule has 5 heteroatoms. The first-order valence-corrected chi connectivity index (χ1v) is 6.61. The second-order valence-electron chi connectivity index (χ2n) is 5.38. The van der Waals surface area contributed by atoms with Crippen molar-refractivity contribution in [2.24, 2.45) is 4.99 Å². The van der Waals surface area contributed by atoms with Gasteiger partial charge < -0.3 is 14.3 Å². The molecular weight excluding hydrogens is 276 g/mol. The van der Waals surface area contributed by atoms with Crippen LogP contribution in [0.2, 0.25) is 5.02 Å². The summed E-state index contributed by atoms with van der Waals surface area (Å²) in [6.07, 6.45) is -1.13. The summed E-state index contributed by atoms with van der Waals surface area (Å²) in [6, 6.07) is 6.63. The van der Waals surface area contributed by atoms with Crippen LogP contribution in [0.4, 0.5) is 5.69 Å². The Kier molecular flexibility index (Phi) is 5.87. The van der Waals surface area contributed by atoms with E-state index >= 15 is 0 Å². The molecule has 0 aliphatic rings. The average Bonchev–Trinajstić information content (AvgIpc) is 2.30. The number of nitrogens with zero attached hydrogens (tertiary/aromatic N) is 2. The van der Waals surface area contributed by atoms with E-state index in [1.807, 2.05) is 21.1 Å². The molecule has 108 valence electrons. The summed E-state index contributed by atoms with van der Waals surface area (Å²) >= 11 is 5.75. The molecule has 0 aromatic heterocycles. The Hall–Kier alpha value is -1.70. The van der Waals surface area contributed by atoms with Gasteiger partial charge in [-0.15, -0.1) is 0 Å². The maximum Gasteiger partial charge on any atom is 0.152 e. The predicted molar refractivity (Wildman–Crippen MR) is 79.8 cm³/mol. The molecule has 1 aromatic carbocycles. The van der Waals surface area contributed by atoms with Gasteiger partial charge in [-0.2, -0.15) is 0 Å². The molecule has 0 N–H and O–H groups in total. The second kappa shape index (κ2) is 7.18. The van der Waals surface area contributed by atoms with Crippen molar-refractivity contribution >= 4 is 23.4 Å². The van der Waals surface area contributed by atoms with Gasteiger partial charge in [-0.3, -0.25) is 0 Å². The minimum Gasteiger partial charge on any atom is -0.584 e.